The molecule has 0 unspecified atom stereocenters. The van der Waals surface area contributed by atoms with Crippen LogP contribution in [0.5, 0.6) is 11.5 Å². The summed E-state index contributed by atoms with van der Waals surface area (Å²) in [6.45, 7) is 0. The molecule has 2 rings (SSSR count). The zero-order valence-corrected chi connectivity index (χ0v) is 12.2. The molecule has 0 aliphatic heterocycles. The number of carboxylic acid groups (broad SMARTS) is 1. The molecule has 0 fully saturated rings. The summed E-state index contributed by atoms with van der Waals surface area (Å²) in [7, 11) is 3.02. The van der Waals surface area contributed by atoms with Crippen molar-refractivity contribution in [2.45, 2.75) is 0 Å². The molecule has 5 heteroatoms. The number of benzene rings is 2. The van der Waals surface area contributed by atoms with E-state index in [1.165, 1.54) is 44.6 Å². The van der Waals surface area contributed by atoms with E-state index in [4.69, 9.17) is 9.47 Å². The van der Waals surface area contributed by atoms with Gasteiger partial charge < -0.3 is 14.6 Å². The zero-order chi connectivity index (χ0) is 16.1. The van der Waals surface area contributed by atoms with Gasteiger partial charge in [-0.15, -0.1) is 0 Å². The van der Waals surface area contributed by atoms with Crippen LogP contribution in [0.1, 0.15) is 11.1 Å². The Morgan fingerprint density at radius 1 is 1.09 bits per heavy atom. The number of carbonyl (C=O) groups is 1. The van der Waals surface area contributed by atoms with Crippen LogP contribution in [0.15, 0.2) is 42.5 Å². The molecule has 0 aromatic heterocycles. The van der Waals surface area contributed by atoms with Crippen molar-refractivity contribution < 1.29 is 23.8 Å². The van der Waals surface area contributed by atoms with Gasteiger partial charge in [0.25, 0.3) is 0 Å². The lowest BCUT2D eigenvalue weighted by Gasteiger charge is -2.09. The molecule has 22 heavy (non-hydrogen) atoms. The number of aliphatic carboxylic acids is 1. The van der Waals surface area contributed by atoms with E-state index >= 15 is 0 Å². The first kappa shape index (κ1) is 15.6. The highest BCUT2D eigenvalue weighted by molar-refractivity contribution is 6.20. The molecule has 0 bridgehead atoms. The smallest absolute Gasteiger partial charge is 0.336 e. The standard InChI is InChI=1S/C17H15FO4/c1-21-14-7-8-16(22-2)12(9-14)10-15(17(19)20)11-3-5-13(18)6-4-11/h3-10H,1-2H3,(H,19,20)/b15-10-. The summed E-state index contributed by atoms with van der Waals surface area (Å²) in [5, 5.41) is 9.41. The summed E-state index contributed by atoms with van der Waals surface area (Å²) in [4.78, 5) is 11.5. The number of methoxy groups -OCH3 is 2. The highest BCUT2D eigenvalue weighted by Gasteiger charge is 2.13. The summed E-state index contributed by atoms with van der Waals surface area (Å²) in [5.41, 5.74) is 0.994. The third kappa shape index (κ3) is 3.44. The summed E-state index contributed by atoms with van der Waals surface area (Å²) >= 11 is 0. The Balaban J connectivity index is 2.55. The molecular formula is C17H15FO4. The molecule has 0 atom stereocenters. The molecule has 0 spiro atoms. The van der Waals surface area contributed by atoms with Gasteiger partial charge in [0, 0.05) is 5.56 Å². The van der Waals surface area contributed by atoms with Crippen LogP contribution in [0.2, 0.25) is 0 Å². The summed E-state index contributed by atoms with van der Waals surface area (Å²) in [6, 6.07) is 10.3. The van der Waals surface area contributed by atoms with Crippen molar-refractivity contribution in [3.63, 3.8) is 0 Å². The van der Waals surface area contributed by atoms with Crippen molar-refractivity contribution in [2.75, 3.05) is 14.2 Å². The second-order valence-corrected chi connectivity index (χ2v) is 4.48. The Kier molecular flexibility index (Phi) is 4.78. The Labute approximate surface area is 127 Å². The van der Waals surface area contributed by atoms with Crippen LogP contribution in [0, 0.1) is 5.82 Å². The summed E-state index contributed by atoms with van der Waals surface area (Å²) in [6.07, 6.45) is 1.47. The minimum Gasteiger partial charge on any atom is -0.497 e. The predicted molar refractivity (Wildman–Crippen MR) is 81.5 cm³/mol. The minimum atomic E-state index is -1.11. The predicted octanol–water partition coefficient (Wildman–Crippen LogP) is 3.47. The van der Waals surface area contributed by atoms with Crippen molar-refractivity contribution >= 4 is 17.6 Å². The lowest BCUT2D eigenvalue weighted by atomic mass is 10.0. The number of hydrogen-bond donors (Lipinski definition) is 1. The van der Waals surface area contributed by atoms with Gasteiger partial charge in [-0.3, -0.25) is 0 Å². The van der Waals surface area contributed by atoms with Crippen LogP contribution in [0.4, 0.5) is 4.39 Å². The normalized spacial score (nSPS) is 11.1. The molecule has 0 aliphatic rings. The van der Waals surface area contributed by atoms with Gasteiger partial charge in [0.1, 0.15) is 17.3 Å². The van der Waals surface area contributed by atoms with Gasteiger partial charge >= 0.3 is 5.97 Å². The van der Waals surface area contributed by atoms with E-state index in [1.807, 2.05) is 0 Å². The van der Waals surface area contributed by atoms with Crippen molar-refractivity contribution in [2.24, 2.45) is 0 Å². The van der Waals surface area contributed by atoms with E-state index in [9.17, 15) is 14.3 Å². The Morgan fingerprint density at radius 2 is 1.77 bits per heavy atom. The maximum absolute atomic E-state index is 13.0. The van der Waals surface area contributed by atoms with Crippen molar-refractivity contribution in [3.8, 4) is 11.5 Å². The van der Waals surface area contributed by atoms with E-state index in [1.54, 1.807) is 18.2 Å². The molecular weight excluding hydrogens is 287 g/mol. The Hall–Kier alpha value is -2.82. The number of ether oxygens (including phenoxy) is 2. The summed E-state index contributed by atoms with van der Waals surface area (Å²) in [5.74, 6) is -0.443. The topological polar surface area (TPSA) is 55.8 Å². The minimum absolute atomic E-state index is 0.0338. The van der Waals surface area contributed by atoms with Gasteiger partial charge in [-0.25, -0.2) is 9.18 Å². The first-order valence-corrected chi connectivity index (χ1v) is 6.48. The van der Waals surface area contributed by atoms with Gasteiger partial charge in [-0.1, -0.05) is 12.1 Å². The summed E-state index contributed by atoms with van der Waals surface area (Å²) < 4.78 is 23.4. The highest BCUT2D eigenvalue weighted by Crippen LogP contribution is 2.28. The number of hydrogen-bond acceptors (Lipinski definition) is 3. The van der Waals surface area contributed by atoms with Crippen LogP contribution in [0.25, 0.3) is 11.6 Å². The van der Waals surface area contributed by atoms with E-state index < -0.39 is 11.8 Å². The Bertz CT molecular complexity index is 705. The average Bonchev–Trinajstić information content (AvgIpc) is 2.53. The molecule has 4 nitrogen and oxygen atoms in total. The fraction of sp³-hybridized carbons (Fsp3) is 0.118. The van der Waals surface area contributed by atoms with Gasteiger partial charge in [0.2, 0.25) is 0 Å². The fourth-order valence-electron chi connectivity index (χ4n) is 2.01. The molecule has 2 aromatic rings. The maximum Gasteiger partial charge on any atom is 0.336 e. The van der Waals surface area contributed by atoms with Crippen LogP contribution in [-0.4, -0.2) is 25.3 Å². The number of halogens is 1. The quantitative estimate of drug-likeness (QED) is 0.679. The number of carboxylic acids is 1. The van der Waals surface area contributed by atoms with Crippen LogP contribution in [0.3, 0.4) is 0 Å². The van der Waals surface area contributed by atoms with Gasteiger partial charge in [0.15, 0.2) is 0 Å². The monoisotopic (exact) mass is 302 g/mol. The average molecular weight is 302 g/mol. The van der Waals surface area contributed by atoms with Gasteiger partial charge in [0.05, 0.1) is 19.8 Å². The molecule has 0 aliphatic carbocycles. The molecule has 114 valence electrons. The van der Waals surface area contributed by atoms with Crippen molar-refractivity contribution in [1.82, 2.24) is 0 Å². The second kappa shape index (κ2) is 6.76. The van der Waals surface area contributed by atoms with Gasteiger partial charge in [-0.2, -0.15) is 0 Å². The SMILES string of the molecule is COc1ccc(OC)c(/C=C(\C(=O)O)c2ccc(F)cc2)c1. The third-order valence-electron chi connectivity index (χ3n) is 3.12. The zero-order valence-electron chi connectivity index (χ0n) is 12.2. The molecule has 0 heterocycles. The fourth-order valence-corrected chi connectivity index (χ4v) is 2.01. The molecule has 0 radical (unpaired) electrons. The van der Waals surface area contributed by atoms with E-state index in [0.717, 1.165) is 0 Å². The van der Waals surface area contributed by atoms with Crippen LogP contribution < -0.4 is 9.47 Å². The molecule has 0 amide bonds. The first-order chi connectivity index (χ1) is 10.5. The second-order valence-electron chi connectivity index (χ2n) is 4.48. The van der Waals surface area contributed by atoms with E-state index in [2.05, 4.69) is 0 Å². The van der Waals surface area contributed by atoms with Crippen LogP contribution >= 0.6 is 0 Å². The first-order valence-electron chi connectivity index (χ1n) is 6.48. The largest absolute Gasteiger partial charge is 0.497 e. The molecule has 0 saturated heterocycles. The Morgan fingerprint density at radius 3 is 2.32 bits per heavy atom. The molecule has 2 aromatic carbocycles. The molecule has 1 N–H and O–H groups in total. The van der Waals surface area contributed by atoms with E-state index in [0.29, 0.717) is 22.6 Å². The lowest BCUT2D eigenvalue weighted by molar-refractivity contribution is -0.130. The highest BCUT2D eigenvalue weighted by atomic mass is 19.1. The van der Waals surface area contributed by atoms with Crippen molar-refractivity contribution in [3.05, 3.63) is 59.4 Å². The van der Waals surface area contributed by atoms with Gasteiger partial charge in [-0.05, 0) is 42.0 Å². The lowest BCUT2D eigenvalue weighted by Crippen LogP contribution is -2.00. The maximum atomic E-state index is 13.0. The van der Waals surface area contributed by atoms with E-state index in [-0.39, 0.29) is 5.57 Å². The number of rotatable bonds is 5. The van der Waals surface area contributed by atoms with Crippen LogP contribution in [-0.2, 0) is 4.79 Å². The van der Waals surface area contributed by atoms with Crippen molar-refractivity contribution in [1.29, 1.82) is 0 Å². The third-order valence-corrected chi connectivity index (χ3v) is 3.12. The molecule has 0 saturated carbocycles.